The van der Waals surface area contributed by atoms with Crippen molar-refractivity contribution in [3.8, 4) is 0 Å². The lowest BCUT2D eigenvalue weighted by Crippen LogP contribution is -2.33. The fraction of sp³-hybridized carbons (Fsp3) is 0.267. The van der Waals surface area contributed by atoms with Gasteiger partial charge in [-0.05, 0) is 22.8 Å². The molecule has 2 nitrogen and oxygen atoms in total. The highest BCUT2D eigenvalue weighted by atomic mass is 16.1. The smallest absolute Gasteiger partial charge is 0.220 e. The predicted molar refractivity (Wildman–Crippen MR) is 68.9 cm³/mol. The first kappa shape index (κ1) is 10.3. The van der Waals surface area contributed by atoms with Crippen LogP contribution in [0.2, 0.25) is 0 Å². The Hall–Kier alpha value is -1.83. The summed E-state index contributed by atoms with van der Waals surface area (Å²) in [7, 11) is 0. The summed E-state index contributed by atoms with van der Waals surface area (Å²) in [6, 6.07) is 14.9. The van der Waals surface area contributed by atoms with Gasteiger partial charge in [-0.15, -0.1) is 0 Å². The molecule has 1 saturated heterocycles. The van der Waals surface area contributed by atoms with E-state index in [1.165, 1.54) is 16.3 Å². The number of piperidine rings is 1. The van der Waals surface area contributed by atoms with E-state index in [4.69, 9.17) is 0 Å². The van der Waals surface area contributed by atoms with Gasteiger partial charge >= 0.3 is 0 Å². The summed E-state index contributed by atoms with van der Waals surface area (Å²) in [6.45, 7) is 0.771. The minimum Gasteiger partial charge on any atom is -0.355 e. The zero-order valence-electron chi connectivity index (χ0n) is 9.65. The minimum atomic E-state index is 0.182. The van der Waals surface area contributed by atoms with E-state index in [9.17, 15) is 4.79 Å². The second-order valence-corrected chi connectivity index (χ2v) is 4.61. The number of benzene rings is 2. The molecule has 86 valence electrons. The van der Waals surface area contributed by atoms with Crippen molar-refractivity contribution in [2.45, 2.75) is 18.8 Å². The third kappa shape index (κ3) is 1.91. The van der Waals surface area contributed by atoms with Crippen molar-refractivity contribution in [3.63, 3.8) is 0 Å². The molecule has 2 heteroatoms. The fourth-order valence-corrected chi connectivity index (χ4v) is 2.60. The van der Waals surface area contributed by atoms with Crippen LogP contribution in [0.15, 0.2) is 42.5 Å². The predicted octanol–water partition coefficient (Wildman–Crippen LogP) is 2.83. The maximum atomic E-state index is 11.2. The SMILES string of the molecule is O=C1CCC(c2cccc3ccccc23)CN1. The third-order valence-electron chi connectivity index (χ3n) is 3.53. The topological polar surface area (TPSA) is 29.1 Å². The number of hydrogen-bond acceptors (Lipinski definition) is 1. The summed E-state index contributed by atoms with van der Waals surface area (Å²) in [6.07, 6.45) is 1.60. The zero-order chi connectivity index (χ0) is 11.7. The Kier molecular flexibility index (Phi) is 2.56. The monoisotopic (exact) mass is 225 g/mol. The van der Waals surface area contributed by atoms with E-state index in [1.54, 1.807) is 0 Å². The van der Waals surface area contributed by atoms with E-state index in [1.807, 2.05) is 0 Å². The average molecular weight is 225 g/mol. The van der Waals surface area contributed by atoms with Crippen LogP contribution in [0, 0.1) is 0 Å². The number of carbonyl (C=O) groups is 1. The quantitative estimate of drug-likeness (QED) is 0.794. The van der Waals surface area contributed by atoms with Gasteiger partial charge in [0.2, 0.25) is 5.91 Å². The van der Waals surface area contributed by atoms with Crippen LogP contribution in [0.4, 0.5) is 0 Å². The first-order valence-electron chi connectivity index (χ1n) is 6.09. The van der Waals surface area contributed by atoms with Crippen molar-refractivity contribution in [2.24, 2.45) is 0 Å². The van der Waals surface area contributed by atoms with Gasteiger partial charge < -0.3 is 5.32 Å². The Balaban J connectivity index is 2.02. The summed E-state index contributed by atoms with van der Waals surface area (Å²) >= 11 is 0. The number of nitrogens with one attached hydrogen (secondary N) is 1. The lowest BCUT2D eigenvalue weighted by molar-refractivity contribution is -0.122. The Morgan fingerprint density at radius 3 is 2.71 bits per heavy atom. The van der Waals surface area contributed by atoms with Crippen LogP contribution in [-0.4, -0.2) is 12.5 Å². The molecule has 2 aromatic rings. The van der Waals surface area contributed by atoms with Crippen molar-refractivity contribution >= 4 is 16.7 Å². The second-order valence-electron chi connectivity index (χ2n) is 4.61. The van der Waals surface area contributed by atoms with E-state index in [-0.39, 0.29) is 5.91 Å². The third-order valence-corrected chi connectivity index (χ3v) is 3.53. The van der Waals surface area contributed by atoms with Crippen molar-refractivity contribution in [3.05, 3.63) is 48.0 Å². The van der Waals surface area contributed by atoms with Gasteiger partial charge in [0.05, 0.1) is 0 Å². The maximum Gasteiger partial charge on any atom is 0.220 e. The second kappa shape index (κ2) is 4.21. The molecule has 1 atom stereocenters. The lowest BCUT2D eigenvalue weighted by atomic mass is 9.88. The number of rotatable bonds is 1. The number of fused-ring (bicyclic) bond motifs is 1. The molecule has 1 aliphatic heterocycles. The molecule has 1 aliphatic rings. The maximum absolute atomic E-state index is 11.2. The molecule has 1 heterocycles. The van der Waals surface area contributed by atoms with Crippen LogP contribution in [0.5, 0.6) is 0 Å². The van der Waals surface area contributed by atoms with Gasteiger partial charge in [0, 0.05) is 18.9 Å². The molecule has 0 aliphatic carbocycles. The minimum absolute atomic E-state index is 0.182. The zero-order valence-corrected chi connectivity index (χ0v) is 9.65. The Labute approximate surface area is 101 Å². The largest absolute Gasteiger partial charge is 0.355 e. The van der Waals surface area contributed by atoms with Gasteiger partial charge in [0.15, 0.2) is 0 Å². The van der Waals surface area contributed by atoms with E-state index in [2.05, 4.69) is 47.8 Å². The number of hydrogen-bond donors (Lipinski definition) is 1. The van der Waals surface area contributed by atoms with Gasteiger partial charge in [-0.3, -0.25) is 4.79 Å². The Morgan fingerprint density at radius 2 is 1.88 bits per heavy atom. The molecule has 1 N–H and O–H groups in total. The first-order chi connectivity index (χ1) is 8.34. The average Bonchev–Trinajstić information content (AvgIpc) is 2.39. The molecule has 0 bridgehead atoms. The van der Waals surface area contributed by atoms with Crippen molar-refractivity contribution in [1.82, 2.24) is 5.32 Å². The van der Waals surface area contributed by atoms with E-state index >= 15 is 0 Å². The van der Waals surface area contributed by atoms with E-state index in [0.29, 0.717) is 12.3 Å². The molecule has 0 aromatic heterocycles. The van der Waals surface area contributed by atoms with Crippen molar-refractivity contribution in [2.75, 3.05) is 6.54 Å². The summed E-state index contributed by atoms with van der Waals surface area (Å²) in [4.78, 5) is 11.2. The van der Waals surface area contributed by atoms with Crippen molar-refractivity contribution < 1.29 is 4.79 Å². The van der Waals surface area contributed by atoms with Crippen LogP contribution in [0.1, 0.15) is 24.3 Å². The summed E-state index contributed by atoms with van der Waals surface area (Å²) < 4.78 is 0. The van der Waals surface area contributed by atoms with Gasteiger partial charge in [0.1, 0.15) is 0 Å². The molecule has 1 amide bonds. The van der Waals surface area contributed by atoms with Gasteiger partial charge in [-0.2, -0.15) is 0 Å². The summed E-state index contributed by atoms with van der Waals surface area (Å²) in [5.41, 5.74) is 1.36. The molecule has 1 fully saturated rings. The molecule has 0 spiro atoms. The van der Waals surface area contributed by atoms with E-state index < -0.39 is 0 Å². The highest BCUT2D eigenvalue weighted by molar-refractivity contribution is 5.86. The van der Waals surface area contributed by atoms with Crippen LogP contribution in [0.3, 0.4) is 0 Å². The summed E-state index contributed by atoms with van der Waals surface area (Å²) in [5.74, 6) is 0.639. The normalized spacial score (nSPS) is 20.2. The molecule has 2 aromatic carbocycles. The van der Waals surface area contributed by atoms with Gasteiger partial charge in [-0.1, -0.05) is 42.5 Å². The molecular weight excluding hydrogens is 210 g/mol. The van der Waals surface area contributed by atoms with Crippen LogP contribution >= 0.6 is 0 Å². The van der Waals surface area contributed by atoms with Gasteiger partial charge in [0.25, 0.3) is 0 Å². The Bertz CT molecular complexity index is 546. The Morgan fingerprint density at radius 1 is 1.06 bits per heavy atom. The summed E-state index contributed by atoms with van der Waals surface area (Å²) in [5, 5.41) is 5.55. The molecular formula is C15H15NO. The number of carbonyl (C=O) groups excluding carboxylic acids is 1. The molecule has 17 heavy (non-hydrogen) atoms. The van der Waals surface area contributed by atoms with Crippen LogP contribution in [-0.2, 0) is 4.79 Å². The molecule has 0 saturated carbocycles. The lowest BCUT2D eigenvalue weighted by Gasteiger charge is -2.24. The van der Waals surface area contributed by atoms with Crippen LogP contribution < -0.4 is 5.32 Å². The van der Waals surface area contributed by atoms with Crippen LogP contribution in [0.25, 0.3) is 10.8 Å². The number of amides is 1. The first-order valence-corrected chi connectivity index (χ1v) is 6.09. The highest BCUT2D eigenvalue weighted by Gasteiger charge is 2.20. The molecule has 1 unspecified atom stereocenters. The standard InChI is InChI=1S/C15H15NO/c17-15-9-8-12(10-16-15)14-7-3-5-11-4-1-2-6-13(11)14/h1-7,12H,8-10H2,(H,16,17). The molecule has 0 radical (unpaired) electrons. The van der Waals surface area contributed by atoms with E-state index in [0.717, 1.165) is 13.0 Å². The van der Waals surface area contributed by atoms with Gasteiger partial charge in [-0.25, -0.2) is 0 Å². The highest BCUT2D eigenvalue weighted by Crippen LogP contribution is 2.29. The van der Waals surface area contributed by atoms with Crippen molar-refractivity contribution in [1.29, 1.82) is 0 Å². The fourth-order valence-electron chi connectivity index (χ4n) is 2.60. The molecule has 3 rings (SSSR count).